The summed E-state index contributed by atoms with van der Waals surface area (Å²) in [4.78, 5) is 12.1. The summed E-state index contributed by atoms with van der Waals surface area (Å²) in [6.07, 6.45) is -4.46. The predicted octanol–water partition coefficient (Wildman–Crippen LogP) is 1.69. The summed E-state index contributed by atoms with van der Waals surface area (Å²) < 4.78 is 52.0. The first-order valence-electron chi connectivity index (χ1n) is 5.69. The maximum absolute atomic E-state index is 13.5. The van der Waals surface area contributed by atoms with Crippen LogP contribution in [0.2, 0.25) is 0 Å². The molecule has 0 aliphatic carbocycles. The maximum atomic E-state index is 13.5. The Morgan fingerprint density at radius 2 is 2.00 bits per heavy atom. The second-order valence-electron chi connectivity index (χ2n) is 4.36. The molecule has 1 N–H and O–H groups in total. The fourth-order valence-corrected chi connectivity index (χ4v) is 2.02. The minimum atomic E-state index is -4.46. The summed E-state index contributed by atoms with van der Waals surface area (Å²) in [7, 11) is 0. The van der Waals surface area contributed by atoms with Gasteiger partial charge in [-0.25, -0.2) is 4.39 Å². The largest absolute Gasteiger partial charge is 0.405 e. The molecule has 3 nitrogen and oxygen atoms in total. The number of hydrogen-bond acceptors (Lipinski definition) is 2. The van der Waals surface area contributed by atoms with Crippen molar-refractivity contribution < 1.29 is 22.4 Å². The molecule has 1 unspecified atom stereocenters. The van der Waals surface area contributed by atoms with E-state index in [0.717, 1.165) is 4.90 Å². The van der Waals surface area contributed by atoms with Crippen molar-refractivity contribution in [3.8, 4) is 0 Å². The van der Waals surface area contributed by atoms with Gasteiger partial charge in [-0.1, -0.05) is 18.2 Å². The van der Waals surface area contributed by atoms with Crippen molar-refractivity contribution in [1.82, 2.24) is 10.2 Å². The molecule has 1 amide bonds. The third kappa shape index (κ3) is 3.23. The standard InChI is InChI=1S/C12H12F4N2O/c13-9-4-2-1-3-8(9)6-18-7-11(19)17-5-10(18)12(14,15)16/h1-4,10H,5-7H2,(H,17,19). The lowest BCUT2D eigenvalue weighted by Gasteiger charge is -2.36. The van der Waals surface area contributed by atoms with E-state index in [1.165, 1.54) is 18.2 Å². The van der Waals surface area contributed by atoms with E-state index in [0.29, 0.717) is 0 Å². The first-order chi connectivity index (χ1) is 8.88. The summed E-state index contributed by atoms with van der Waals surface area (Å²) >= 11 is 0. The molecule has 1 saturated heterocycles. The smallest absolute Gasteiger partial charge is 0.353 e. The number of rotatable bonds is 2. The molecule has 2 rings (SSSR count). The molecule has 1 aliphatic heterocycles. The quantitative estimate of drug-likeness (QED) is 0.834. The number of nitrogens with one attached hydrogen (secondary N) is 1. The first kappa shape index (κ1) is 13.8. The van der Waals surface area contributed by atoms with Crippen molar-refractivity contribution in [1.29, 1.82) is 0 Å². The van der Waals surface area contributed by atoms with Crippen molar-refractivity contribution in [3.05, 3.63) is 35.6 Å². The van der Waals surface area contributed by atoms with Gasteiger partial charge < -0.3 is 5.32 Å². The maximum Gasteiger partial charge on any atom is 0.405 e. The number of amides is 1. The molecule has 1 heterocycles. The van der Waals surface area contributed by atoms with Crippen molar-refractivity contribution in [3.63, 3.8) is 0 Å². The fourth-order valence-electron chi connectivity index (χ4n) is 2.02. The van der Waals surface area contributed by atoms with E-state index in [1.54, 1.807) is 6.07 Å². The molecule has 104 valence electrons. The summed E-state index contributed by atoms with van der Waals surface area (Å²) in [5.41, 5.74) is 0.145. The topological polar surface area (TPSA) is 32.3 Å². The number of nitrogens with zero attached hydrogens (tertiary/aromatic N) is 1. The normalized spacial score (nSPS) is 21.3. The number of piperazine rings is 1. The van der Waals surface area contributed by atoms with E-state index in [4.69, 9.17) is 0 Å². The predicted molar refractivity (Wildman–Crippen MR) is 59.7 cm³/mol. The molecule has 1 fully saturated rings. The van der Waals surface area contributed by atoms with Gasteiger partial charge in [0.25, 0.3) is 0 Å². The molecule has 0 bridgehead atoms. The molecule has 7 heteroatoms. The van der Waals surface area contributed by atoms with Gasteiger partial charge in [-0.15, -0.1) is 0 Å². The Hall–Kier alpha value is -1.63. The van der Waals surface area contributed by atoms with E-state index in [9.17, 15) is 22.4 Å². The molecule has 1 aliphatic rings. The minimum absolute atomic E-state index is 0.145. The Morgan fingerprint density at radius 3 is 2.63 bits per heavy atom. The van der Waals surface area contributed by atoms with Gasteiger partial charge in [-0.3, -0.25) is 9.69 Å². The average molecular weight is 276 g/mol. The van der Waals surface area contributed by atoms with Crippen molar-refractivity contribution in [2.75, 3.05) is 13.1 Å². The summed E-state index contributed by atoms with van der Waals surface area (Å²) in [6.45, 7) is -1.14. The van der Waals surface area contributed by atoms with Crippen LogP contribution in [0.1, 0.15) is 5.56 Å². The molecule has 1 atom stereocenters. The van der Waals surface area contributed by atoms with Crippen LogP contribution < -0.4 is 5.32 Å². The highest BCUT2D eigenvalue weighted by atomic mass is 19.4. The highest BCUT2D eigenvalue weighted by Gasteiger charge is 2.46. The number of hydrogen-bond donors (Lipinski definition) is 1. The number of benzene rings is 1. The lowest BCUT2D eigenvalue weighted by atomic mass is 10.1. The van der Waals surface area contributed by atoms with Crippen molar-refractivity contribution in [2.45, 2.75) is 18.8 Å². The average Bonchev–Trinajstić information content (AvgIpc) is 2.30. The molecule has 1 aromatic rings. The Bertz CT molecular complexity index is 475. The number of carbonyl (C=O) groups is 1. The zero-order valence-electron chi connectivity index (χ0n) is 9.88. The zero-order valence-corrected chi connectivity index (χ0v) is 9.88. The second kappa shape index (κ2) is 5.16. The van der Waals surface area contributed by atoms with Crippen LogP contribution in [0.25, 0.3) is 0 Å². The van der Waals surface area contributed by atoms with Crippen LogP contribution >= 0.6 is 0 Å². The van der Waals surface area contributed by atoms with E-state index < -0.39 is 37.0 Å². The second-order valence-corrected chi connectivity index (χ2v) is 4.36. The highest BCUT2D eigenvalue weighted by Crippen LogP contribution is 2.27. The van der Waals surface area contributed by atoms with Crippen molar-refractivity contribution >= 4 is 5.91 Å². The molecule has 0 saturated carbocycles. The molecular formula is C12H12F4N2O. The van der Waals surface area contributed by atoms with Crippen LogP contribution in [0.15, 0.2) is 24.3 Å². The van der Waals surface area contributed by atoms with E-state index in [-0.39, 0.29) is 12.1 Å². The summed E-state index contributed by atoms with van der Waals surface area (Å²) in [6, 6.07) is 3.82. The Balaban J connectivity index is 2.19. The van der Waals surface area contributed by atoms with E-state index in [2.05, 4.69) is 5.32 Å². The lowest BCUT2D eigenvalue weighted by Crippen LogP contribution is -2.59. The number of carbonyl (C=O) groups excluding carboxylic acids is 1. The van der Waals surface area contributed by atoms with Crippen LogP contribution in [0.3, 0.4) is 0 Å². The van der Waals surface area contributed by atoms with Gasteiger partial charge in [0.2, 0.25) is 5.91 Å². The Labute approximate surface area is 107 Å². The van der Waals surface area contributed by atoms with Crippen LogP contribution in [-0.2, 0) is 11.3 Å². The van der Waals surface area contributed by atoms with Gasteiger partial charge in [0, 0.05) is 18.7 Å². The SMILES string of the molecule is O=C1CN(Cc2ccccc2F)C(C(F)(F)F)CN1. The van der Waals surface area contributed by atoms with Gasteiger partial charge in [0.15, 0.2) is 0 Å². The highest BCUT2D eigenvalue weighted by molar-refractivity contribution is 5.78. The van der Waals surface area contributed by atoms with Gasteiger partial charge in [-0.2, -0.15) is 13.2 Å². The van der Waals surface area contributed by atoms with Gasteiger partial charge >= 0.3 is 6.18 Å². The number of alkyl halides is 3. The van der Waals surface area contributed by atoms with E-state index >= 15 is 0 Å². The summed E-state index contributed by atoms with van der Waals surface area (Å²) in [5, 5.41) is 2.17. The fraction of sp³-hybridized carbons (Fsp3) is 0.417. The zero-order chi connectivity index (χ0) is 14.0. The summed E-state index contributed by atoms with van der Waals surface area (Å²) in [5.74, 6) is -1.06. The third-order valence-electron chi connectivity index (χ3n) is 2.99. The molecule has 0 radical (unpaired) electrons. The molecule has 0 aromatic heterocycles. The lowest BCUT2D eigenvalue weighted by molar-refractivity contribution is -0.190. The number of halogens is 4. The van der Waals surface area contributed by atoms with Gasteiger partial charge in [-0.05, 0) is 6.07 Å². The van der Waals surface area contributed by atoms with Crippen molar-refractivity contribution in [2.24, 2.45) is 0 Å². The van der Waals surface area contributed by atoms with Crippen LogP contribution in [0, 0.1) is 5.82 Å². The van der Waals surface area contributed by atoms with Gasteiger partial charge in [0.05, 0.1) is 6.54 Å². The van der Waals surface area contributed by atoms with E-state index in [1.807, 2.05) is 0 Å². The Kier molecular flexibility index (Phi) is 3.75. The van der Waals surface area contributed by atoms with Crippen LogP contribution in [-0.4, -0.2) is 36.1 Å². The Morgan fingerprint density at radius 1 is 1.32 bits per heavy atom. The van der Waals surface area contributed by atoms with Gasteiger partial charge in [0.1, 0.15) is 11.9 Å². The monoisotopic (exact) mass is 276 g/mol. The third-order valence-corrected chi connectivity index (χ3v) is 2.99. The molecule has 0 spiro atoms. The minimum Gasteiger partial charge on any atom is -0.353 e. The molecular weight excluding hydrogens is 264 g/mol. The molecule has 1 aromatic carbocycles. The van der Waals surface area contributed by atoms with Crippen LogP contribution in [0.5, 0.6) is 0 Å². The van der Waals surface area contributed by atoms with Crippen LogP contribution in [0.4, 0.5) is 17.6 Å². The first-order valence-corrected chi connectivity index (χ1v) is 5.69. The molecule has 19 heavy (non-hydrogen) atoms.